The summed E-state index contributed by atoms with van der Waals surface area (Å²) < 4.78 is 1.36. The maximum absolute atomic E-state index is 13.3. The van der Waals surface area contributed by atoms with Crippen LogP contribution in [0.25, 0.3) is 0 Å². The molecule has 36 heavy (non-hydrogen) atoms. The normalized spacial score (nSPS) is 16.4. The van der Waals surface area contributed by atoms with Gasteiger partial charge in [-0.25, -0.2) is 4.79 Å². The molecule has 194 valence electrons. The fourth-order valence-corrected chi connectivity index (χ4v) is 4.38. The van der Waals surface area contributed by atoms with Gasteiger partial charge in [-0.3, -0.25) is 19.1 Å². The van der Waals surface area contributed by atoms with Gasteiger partial charge in [-0.2, -0.15) is 5.10 Å². The minimum Gasteiger partial charge on any atom is -0.480 e. The molecule has 1 aliphatic carbocycles. The lowest BCUT2D eigenvalue weighted by molar-refractivity contribution is -0.145. The molecule has 11 heteroatoms. The minimum absolute atomic E-state index is 0.0715. The van der Waals surface area contributed by atoms with Crippen molar-refractivity contribution in [2.45, 2.75) is 63.6 Å². The van der Waals surface area contributed by atoms with Gasteiger partial charge in [-0.15, -0.1) is 0 Å². The number of carboxylic acid groups (broad SMARTS) is 1. The van der Waals surface area contributed by atoms with Crippen LogP contribution in [0.15, 0.2) is 36.5 Å². The number of nitrogens with zero attached hydrogens (tertiary/aromatic N) is 2. The number of aliphatic carboxylic acids is 1. The zero-order valence-electron chi connectivity index (χ0n) is 20.5. The smallest absolute Gasteiger partial charge is 0.326 e. The number of nitrogens with one attached hydrogen (secondary N) is 3. The number of carbonyl (C=O) groups is 4. The maximum Gasteiger partial charge on any atom is 0.326 e. The highest BCUT2D eigenvalue weighted by molar-refractivity contribution is 6.02. The average Bonchev–Trinajstić information content (AvgIpc) is 3.30. The Bertz CT molecular complexity index is 1090. The molecule has 1 aliphatic rings. The Morgan fingerprint density at radius 3 is 2.33 bits per heavy atom. The third-order valence-electron chi connectivity index (χ3n) is 6.51. The summed E-state index contributed by atoms with van der Waals surface area (Å²) in [5, 5.41) is 32.5. The second kappa shape index (κ2) is 11.8. The summed E-state index contributed by atoms with van der Waals surface area (Å²) in [7, 11) is 1.60. The molecule has 5 N–H and O–H groups in total. The third-order valence-corrected chi connectivity index (χ3v) is 6.51. The molecule has 0 spiro atoms. The Kier molecular flexibility index (Phi) is 8.81. The number of rotatable bonds is 10. The molecule has 11 nitrogen and oxygen atoms in total. The van der Waals surface area contributed by atoms with Gasteiger partial charge in [0.15, 0.2) is 0 Å². The largest absolute Gasteiger partial charge is 0.480 e. The average molecular weight is 500 g/mol. The Morgan fingerprint density at radius 2 is 1.78 bits per heavy atom. The molecule has 0 radical (unpaired) electrons. The van der Waals surface area contributed by atoms with Crippen molar-refractivity contribution in [1.29, 1.82) is 0 Å². The summed E-state index contributed by atoms with van der Waals surface area (Å²) >= 11 is 0. The molecule has 1 aromatic heterocycles. The van der Waals surface area contributed by atoms with E-state index in [2.05, 4.69) is 21.0 Å². The Morgan fingerprint density at radius 1 is 1.11 bits per heavy atom. The monoisotopic (exact) mass is 499 g/mol. The predicted octanol–water partition coefficient (Wildman–Crippen LogP) is 1.58. The van der Waals surface area contributed by atoms with Crippen LogP contribution in [0.5, 0.6) is 0 Å². The van der Waals surface area contributed by atoms with Gasteiger partial charge in [0, 0.05) is 37.7 Å². The van der Waals surface area contributed by atoms with E-state index in [0.29, 0.717) is 24.1 Å². The number of hydrogen-bond acceptors (Lipinski definition) is 6. The molecule has 1 aromatic carbocycles. The van der Waals surface area contributed by atoms with Crippen LogP contribution in [-0.2, 0) is 27.9 Å². The van der Waals surface area contributed by atoms with Crippen LogP contribution in [0, 0.1) is 5.92 Å². The van der Waals surface area contributed by atoms with Crippen molar-refractivity contribution in [2.24, 2.45) is 13.0 Å². The number of aryl methyl sites for hydroxylation is 1. The summed E-state index contributed by atoms with van der Waals surface area (Å²) in [6.07, 6.45) is 5.58. The van der Waals surface area contributed by atoms with E-state index in [1.807, 2.05) is 0 Å². The van der Waals surface area contributed by atoms with Crippen molar-refractivity contribution in [3.63, 3.8) is 0 Å². The van der Waals surface area contributed by atoms with Crippen LogP contribution in [0.1, 0.15) is 61.5 Å². The van der Waals surface area contributed by atoms with Crippen molar-refractivity contribution >= 4 is 29.4 Å². The fourth-order valence-electron chi connectivity index (χ4n) is 4.38. The Balaban J connectivity index is 1.74. The van der Waals surface area contributed by atoms with Crippen molar-refractivity contribution in [3.05, 3.63) is 47.8 Å². The summed E-state index contributed by atoms with van der Waals surface area (Å²) in [6.45, 7) is 1.64. The number of benzene rings is 1. The molecular formula is C25H33N5O6. The molecule has 3 rings (SSSR count). The van der Waals surface area contributed by atoms with E-state index in [4.69, 9.17) is 0 Å². The van der Waals surface area contributed by atoms with Gasteiger partial charge in [0.2, 0.25) is 11.6 Å². The zero-order valence-corrected chi connectivity index (χ0v) is 20.5. The van der Waals surface area contributed by atoms with Crippen LogP contribution >= 0.6 is 0 Å². The summed E-state index contributed by atoms with van der Waals surface area (Å²) in [6, 6.07) is 6.86. The lowest BCUT2D eigenvalue weighted by Gasteiger charge is -2.37. The molecule has 3 amide bonds. The van der Waals surface area contributed by atoms with E-state index in [-0.39, 0.29) is 24.4 Å². The van der Waals surface area contributed by atoms with Crippen LogP contribution in [0.4, 0.5) is 5.69 Å². The van der Waals surface area contributed by atoms with Crippen LogP contribution in [0.3, 0.4) is 0 Å². The molecule has 2 atom stereocenters. The van der Waals surface area contributed by atoms with Gasteiger partial charge in [0.05, 0.1) is 0 Å². The predicted molar refractivity (Wildman–Crippen MR) is 131 cm³/mol. The van der Waals surface area contributed by atoms with Gasteiger partial charge >= 0.3 is 5.97 Å². The quantitative estimate of drug-likeness (QED) is 0.310. The third kappa shape index (κ3) is 6.48. The number of hydrogen-bond donors (Lipinski definition) is 5. The fraction of sp³-hybridized carbons (Fsp3) is 0.480. The van der Waals surface area contributed by atoms with Gasteiger partial charge in [0.1, 0.15) is 11.7 Å². The number of aliphatic hydroxyl groups is 1. The molecule has 0 aliphatic heterocycles. The number of carboxylic acids is 1. The second-order valence-electron chi connectivity index (χ2n) is 9.06. The zero-order chi connectivity index (χ0) is 26.3. The van der Waals surface area contributed by atoms with Crippen LogP contribution in [0.2, 0.25) is 0 Å². The molecule has 1 heterocycles. The highest BCUT2D eigenvalue weighted by Crippen LogP contribution is 2.32. The highest BCUT2D eigenvalue weighted by Gasteiger charge is 2.46. The number of anilines is 1. The minimum atomic E-state index is -2.13. The van der Waals surface area contributed by atoms with Crippen molar-refractivity contribution < 1.29 is 29.4 Å². The first-order chi connectivity index (χ1) is 17.1. The SMILES string of the molecule is CCC(=O)N[C@H](Cc1ccc(NC(=O)C(O)(NC(=O)c2ccnn2C)C2CCCCC2)cc1)C(=O)O. The number of aromatic nitrogens is 2. The molecule has 1 saturated carbocycles. The van der Waals surface area contributed by atoms with E-state index < -0.39 is 35.5 Å². The first-order valence-corrected chi connectivity index (χ1v) is 12.1. The van der Waals surface area contributed by atoms with E-state index in [0.717, 1.165) is 19.3 Å². The highest BCUT2D eigenvalue weighted by atomic mass is 16.4. The van der Waals surface area contributed by atoms with Gasteiger partial charge in [-0.05, 0) is 36.6 Å². The lowest BCUT2D eigenvalue weighted by atomic mass is 9.80. The summed E-state index contributed by atoms with van der Waals surface area (Å²) in [4.78, 5) is 49.2. The number of carbonyl (C=O) groups excluding carboxylic acids is 3. The Hall–Kier alpha value is -3.73. The molecule has 0 saturated heterocycles. The maximum atomic E-state index is 13.3. The topological polar surface area (TPSA) is 163 Å². The van der Waals surface area contributed by atoms with E-state index in [9.17, 15) is 29.4 Å². The van der Waals surface area contributed by atoms with Gasteiger partial charge in [0.25, 0.3) is 11.8 Å². The first kappa shape index (κ1) is 26.9. The van der Waals surface area contributed by atoms with E-state index in [1.165, 1.54) is 16.9 Å². The molecule has 1 fully saturated rings. The van der Waals surface area contributed by atoms with Crippen LogP contribution in [-0.4, -0.2) is 55.5 Å². The van der Waals surface area contributed by atoms with Crippen molar-refractivity contribution in [1.82, 2.24) is 20.4 Å². The summed E-state index contributed by atoms with van der Waals surface area (Å²) in [5.41, 5.74) is -0.898. The van der Waals surface area contributed by atoms with E-state index in [1.54, 1.807) is 38.2 Å². The van der Waals surface area contributed by atoms with Gasteiger partial charge in [-0.1, -0.05) is 38.3 Å². The summed E-state index contributed by atoms with van der Waals surface area (Å²) in [5.74, 6) is -3.32. The second-order valence-corrected chi connectivity index (χ2v) is 9.06. The van der Waals surface area contributed by atoms with Crippen molar-refractivity contribution in [3.8, 4) is 0 Å². The molecule has 1 unspecified atom stereocenters. The number of amides is 3. The standard InChI is InChI=1S/C25H33N5O6/c1-3-21(31)28-19(23(33)34)15-16-9-11-18(12-10-16)27-24(35)25(36,17-7-5-4-6-8-17)29-22(32)20-13-14-26-30(20)2/h9-14,17,19,36H,3-8,15H2,1-2H3,(H,27,35)(H,28,31)(H,29,32)(H,33,34)/t19-,25?/m1/s1. The lowest BCUT2D eigenvalue weighted by Crippen LogP contribution is -2.62. The Labute approximate surface area is 209 Å². The molecular weight excluding hydrogens is 466 g/mol. The van der Waals surface area contributed by atoms with Gasteiger partial charge < -0.3 is 26.2 Å². The first-order valence-electron chi connectivity index (χ1n) is 12.1. The van der Waals surface area contributed by atoms with E-state index >= 15 is 0 Å². The van der Waals surface area contributed by atoms with Crippen molar-refractivity contribution in [2.75, 3.05) is 5.32 Å². The van der Waals surface area contributed by atoms with Crippen LogP contribution < -0.4 is 16.0 Å². The molecule has 0 bridgehead atoms. The molecule has 2 aromatic rings.